The third kappa shape index (κ3) is 3.52. The van der Waals surface area contributed by atoms with Crippen molar-refractivity contribution in [3.8, 4) is 17.6 Å². The molecule has 2 rings (SSSR count). The normalized spacial score (nSPS) is 10.0. The predicted octanol–water partition coefficient (Wildman–Crippen LogP) is 2.01. The molecule has 0 atom stereocenters. The van der Waals surface area contributed by atoms with E-state index in [4.69, 9.17) is 0 Å². The molecule has 3 heteroatoms. The van der Waals surface area contributed by atoms with E-state index in [9.17, 15) is 15.0 Å². The van der Waals surface area contributed by atoms with Crippen molar-refractivity contribution >= 4 is 16.7 Å². The molecule has 0 aliphatic heterocycles. The Morgan fingerprint density at radius 2 is 1.95 bits per heavy atom. The van der Waals surface area contributed by atoms with Crippen molar-refractivity contribution in [2.75, 3.05) is 0 Å². The van der Waals surface area contributed by atoms with Gasteiger partial charge in [-0.25, -0.2) is 0 Å². The van der Waals surface area contributed by atoms with Crippen LogP contribution in [0, 0.1) is 11.8 Å². The zero-order valence-corrected chi connectivity index (χ0v) is 11.1. The Hall–Kier alpha value is -2.47. The number of hydrogen-bond donors (Lipinski definition) is 1. The highest BCUT2D eigenvalue weighted by atomic mass is 16.4. The molecule has 0 aliphatic carbocycles. The molecule has 0 unspecified atom stereocenters. The lowest BCUT2D eigenvalue weighted by atomic mass is 10.0. The van der Waals surface area contributed by atoms with Gasteiger partial charge >= 0.3 is 0 Å². The first kappa shape index (κ1) is 14.0. The highest BCUT2D eigenvalue weighted by Gasteiger charge is 2.04. The summed E-state index contributed by atoms with van der Waals surface area (Å²) in [5.41, 5.74) is 0.788. The first-order valence-corrected chi connectivity index (χ1v) is 6.53. The quantitative estimate of drug-likeness (QED) is 0.681. The van der Waals surface area contributed by atoms with Gasteiger partial charge in [-0.15, -0.1) is 5.92 Å². The largest absolute Gasteiger partial charge is 0.550 e. The van der Waals surface area contributed by atoms with Gasteiger partial charge in [0.2, 0.25) is 0 Å². The topological polar surface area (TPSA) is 60.4 Å². The van der Waals surface area contributed by atoms with Crippen molar-refractivity contribution in [2.24, 2.45) is 0 Å². The molecule has 0 amide bonds. The van der Waals surface area contributed by atoms with E-state index in [2.05, 4.69) is 11.8 Å². The van der Waals surface area contributed by atoms with E-state index in [1.165, 1.54) is 0 Å². The molecule has 0 saturated heterocycles. The van der Waals surface area contributed by atoms with Crippen LogP contribution < -0.4 is 5.11 Å². The average molecular weight is 267 g/mol. The maximum atomic E-state index is 10.2. The van der Waals surface area contributed by atoms with Crippen molar-refractivity contribution in [3.05, 3.63) is 42.0 Å². The highest BCUT2D eigenvalue weighted by molar-refractivity contribution is 5.89. The smallest absolute Gasteiger partial charge is 0.127 e. The molecule has 1 N–H and O–H groups in total. The van der Waals surface area contributed by atoms with E-state index < -0.39 is 5.97 Å². The number of carboxylic acids is 1. The summed E-state index contributed by atoms with van der Waals surface area (Å²) >= 11 is 0. The fourth-order valence-electron chi connectivity index (χ4n) is 2.01. The standard InChI is InChI=1S/C17H16O3/c18-16(19)10-4-2-1-3-8-14-12-11-13-7-5-6-9-15(13)17(14)20/h5-7,9,11-12,20H,2,4,8,10H2,(H,18,19)/p-1. The molecule has 102 valence electrons. The number of fused-ring (bicyclic) bond motifs is 1. The van der Waals surface area contributed by atoms with Gasteiger partial charge in [-0.3, -0.25) is 0 Å². The van der Waals surface area contributed by atoms with E-state index in [1.807, 2.05) is 36.4 Å². The van der Waals surface area contributed by atoms with Crippen LogP contribution in [0.2, 0.25) is 0 Å². The van der Waals surface area contributed by atoms with Crippen LogP contribution in [-0.2, 0) is 11.2 Å². The zero-order valence-electron chi connectivity index (χ0n) is 11.1. The van der Waals surface area contributed by atoms with Gasteiger partial charge in [-0.2, -0.15) is 0 Å². The molecule has 0 heterocycles. The third-order valence-corrected chi connectivity index (χ3v) is 3.07. The lowest BCUT2D eigenvalue weighted by Crippen LogP contribution is -2.21. The predicted molar refractivity (Wildman–Crippen MR) is 76.0 cm³/mol. The van der Waals surface area contributed by atoms with Gasteiger partial charge in [0.15, 0.2) is 0 Å². The number of phenolic OH excluding ortho intramolecular Hbond substituents is 1. The molecule has 0 spiro atoms. The Balaban J connectivity index is 2.02. The Morgan fingerprint density at radius 1 is 1.15 bits per heavy atom. The number of aromatic hydroxyl groups is 1. The van der Waals surface area contributed by atoms with Crippen LogP contribution >= 0.6 is 0 Å². The number of phenols is 1. The minimum atomic E-state index is -1.04. The SMILES string of the molecule is O=C([O-])CCCC#CCc1ccc2ccccc2c1O. The van der Waals surface area contributed by atoms with E-state index in [1.54, 1.807) is 0 Å². The second-order valence-corrected chi connectivity index (χ2v) is 4.55. The molecule has 0 aromatic heterocycles. The van der Waals surface area contributed by atoms with Gasteiger partial charge in [0.1, 0.15) is 5.75 Å². The summed E-state index contributed by atoms with van der Waals surface area (Å²) < 4.78 is 0. The molecule has 3 nitrogen and oxygen atoms in total. The number of carbonyl (C=O) groups excluding carboxylic acids is 1. The van der Waals surface area contributed by atoms with Crippen molar-refractivity contribution in [1.82, 2.24) is 0 Å². The maximum absolute atomic E-state index is 10.2. The lowest BCUT2D eigenvalue weighted by Gasteiger charge is -2.05. The van der Waals surface area contributed by atoms with E-state index >= 15 is 0 Å². The number of carboxylic acid groups (broad SMARTS) is 1. The molecule has 0 fully saturated rings. The van der Waals surface area contributed by atoms with Crippen LogP contribution in [-0.4, -0.2) is 11.1 Å². The van der Waals surface area contributed by atoms with Gasteiger partial charge in [0.25, 0.3) is 0 Å². The zero-order chi connectivity index (χ0) is 14.4. The number of hydrogen-bond acceptors (Lipinski definition) is 3. The Bertz CT molecular complexity index is 677. The number of unbranched alkanes of at least 4 members (excludes halogenated alkanes) is 1. The van der Waals surface area contributed by atoms with Crippen LogP contribution in [0.1, 0.15) is 24.8 Å². The van der Waals surface area contributed by atoms with E-state index in [0.29, 0.717) is 19.3 Å². The summed E-state index contributed by atoms with van der Waals surface area (Å²) in [6.07, 6.45) is 1.53. The second-order valence-electron chi connectivity index (χ2n) is 4.55. The van der Waals surface area contributed by atoms with Crippen LogP contribution in [0.4, 0.5) is 0 Å². The number of rotatable bonds is 4. The third-order valence-electron chi connectivity index (χ3n) is 3.07. The van der Waals surface area contributed by atoms with Gasteiger partial charge in [0.05, 0.1) is 0 Å². The summed E-state index contributed by atoms with van der Waals surface area (Å²) in [7, 11) is 0. The highest BCUT2D eigenvalue weighted by Crippen LogP contribution is 2.28. The van der Waals surface area contributed by atoms with Gasteiger partial charge in [-0.05, 0) is 18.2 Å². The summed E-state index contributed by atoms with van der Waals surface area (Å²) in [5, 5.41) is 22.2. The monoisotopic (exact) mass is 267 g/mol. The first-order chi connectivity index (χ1) is 9.68. The molecular formula is C17H15O3-. The van der Waals surface area contributed by atoms with Crippen molar-refractivity contribution in [1.29, 1.82) is 0 Å². The van der Waals surface area contributed by atoms with Gasteiger partial charge in [-0.1, -0.05) is 42.3 Å². The first-order valence-electron chi connectivity index (χ1n) is 6.53. The summed E-state index contributed by atoms with van der Waals surface area (Å²) in [6.45, 7) is 0. The molecule has 2 aromatic carbocycles. The molecular weight excluding hydrogens is 252 g/mol. The van der Waals surface area contributed by atoms with Crippen molar-refractivity contribution < 1.29 is 15.0 Å². The number of carbonyl (C=O) groups is 1. The Morgan fingerprint density at radius 3 is 2.75 bits per heavy atom. The lowest BCUT2D eigenvalue weighted by molar-refractivity contribution is -0.305. The van der Waals surface area contributed by atoms with E-state index in [-0.39, 0.29) is 12.2 Å². The molecule has 0 saturated carbocycles. The van der Waals surface area contributed by atoms with Gasteiger partial charge < -0.3 is 15.0 Å². The number of benzene rings is 2. The van der Waals surface area contributed by atoms with Gasteiger partial charge in [0, 0.05) is 29.8 Å². The van der Waals surface area contributed by atoms with Crippen LogP contribution in [0.15, 0.2) is 36.4 Å². The van der Waals surface area contributed by atoms with E-state index in [0.717, 1.165) is 16.3 Å². The summed E-state index contributed by atoms with van der Waals surface area (Å²) in [4.78, 5) is 10.2. The van der Waals surface area contributed by atoms with Crippen LogP contribution in [0.25, 0.3) is 10.8 Å². The molecule has 0 bridgehead atoms. The fourth-order valence-corrected chi connectivity index (χ4v) is 2.01. The maximum Gasteiger partial charge on any atom is 0.127 e. The molecule has 2 aromatic rings. The van der Waals surface area contributed by atoms with Crippen molar-refractivity contribution in [3.63, 3.8) is 0 Å². The molecule has 20 heavy (non-hydrogen) atoms. The Labute approximate surface area is 117 Å². The van der Waals surface area contributed by atoms with Crippen LogP contribution in [0.5, 0.6) is 5.75 Å². The number of aliphatic carboxylic acids is 1. The minimum absolute atomic E-state index is 0.0376. The summed E-state index contributed by atoms with van der Waals surface area (Å²) in [5.74, 6) is 5.10. The summed E-state index contributed by atoms with van der Waals surface area (Å²) in [6, 6.07) is 11.5. The fraction of sp³-hybridized carbons (Fsp3) is 0.235. The Kier molecular flexibility index (Phi) is 4.62. The second kappa shape index (κ2) is 6.63. The van der Waals surface area contributed by atoms with Crippen LogP contribution in [0.3, 0.4) is 0 Å². The average Bonchev–Trinajstić information content (AvgIpc) is 2.45. The minimum Gasteiger partial charge on any atom is -0.550 e. The molecule has 0 radical (unpaired) electrons. The van der Waals surface area contributed by atoms with Crippen molar-refractivity contribution in [2.45, 2.75) is 25.7 Å². The molecule has 0 aliphatic rings.